The average Bonchev–Trinajstić information content (AvgIpc) is 2.22. The fraction of sp³-hybridized carbons (Fsp3) is 1.00. The van der Waals surface area contributed by atoms with Crippen LogP contribution >= 0.6 is 0 Å². The zero-order valence-corrected chi connectivity index (χ0v) is 10.7. The van der Waals surface area contributed by atoms with Gasteiger partial charge in [-0.05, 0) is 26.2 Å². The molecule has 0 unspecified atom stereocenters. The van der Waals surface area contributed by atoms with Crippen LogP contribution < -0.4 is 0 Å². The van der Waals surface area contributed by atoms with Gasteiger partial charge in [0.15, 0.2) is 0 Å². The van der Waals surface area contributed by atoms with Gasteiger partial charge in [-0.1, -0.05) is 46.0 Å². The van der Waals surface area contributed by atoms with Gasteiger partial charge in [-0.15, -0.1) is 0 Å². The Morgan fingerprint density at radius 1 is 1.07 bits per heavy atom. The van der Waals surface area contributed by atoms with Crippen molar-refractivity contribution >= 4 is 0 Å². The van der Waals surface area contributed by atoms with Crippen LogP contribution in [0.1, 0.15) is 66.2 Å². The molecule has 0 spiro atoms. The highest BCUT2D eigenvalue weighted by Gasteiger charge is 2.23. The van der Waals surface area contributed by atoms with E-state index in [1.165, 1.54) is 38.5 Å². The lowest BCUT2D eigenvalue weighted by Crippen LogP contribution is -2.27. The van der Waals surface area contributed by atoms with E-state index in [9.17, 15) is 0 Å². The summed E-state index contributed by atoms with van der Waals surface area (Å²) >= 11 is 0. The van der Waals surface area contributed by atoms with Gasteiger partial charge in [-0.2, -0.15) is 0 Å². The Morgan fingerprint density at radius 2 is 1.57 bits per heavy atom. The second kappa shape index (κ2) is 7.28. The standard InChI is InChI=1S/C11H22O.C2H6/c1-11(2,12-3)9-10-7-5-4-6-8-10;1-2/h10H,4-9H2,1-3H3;1-2H3. The molecule has 0 aromatic heterocycles. The lowest BCUT2D eigenvalue weighted by atomic mass is 9.82. The molecule has 1 heteroatoms. The first-order valence-electron chi connectivity index (χ1n) is 6.19. The summed E-state index contributed by atoms with van der Waals surface area (Å²) in [4.78, 5) is 0. The predicted molar refractivity (Wildman–Crippen MR) is 63.6 cm³/mol. The minimum Gasteiger partial charge on any atom is -0.379 e. The van der Waals surface area contributed by atoms with Crippen LogP contribution in [0.2, 0.25) is 0 Å². The first kappa shape index (κ1) is 14.0. The van der Waals surface area contributed by atoms with Crippen molar-refractivity contribution in [3.05, 3.63) is 0 Å². The summed E-state index contributed by atoms with van der Waals surface area (Å²) in [6, 6.07) is 0. The third-order valence-corrected chi connectivity index (χ3v) is 3.06. The second-order valence-corrected chi connectivity index (χ2v) is 4.67. The average molecular weight is 200 g/mol. The van der Waals surface area contributed by atoms with E-state index in [-0.39, 0.29) is 5.60 Å². The van der Waals surface area contributed by atoms with Crippen molar-refractivity contribution < 1.29 is 4.74 Å². The van der Waals surface area contributed by atoms with Gasteiger partial charge in [0.05, 0.1) is 5.60 Å². The molecule has 1 aliphatic rings. The fourth-order valence-corrected chi connectivity index (χ4v) is 2.17. The quantitative estimate of drug-likeness (QED) is 0.656. The topological polar surface area (TPSA) is 9.23 Å². The minimum atomic E-state index is 0.0992. The van der Waals surface area contributed by atoms with Crippen molar-refractivity contribution in [2.45, 2.75) is 71.8 Å². The van der Waals surface area contributed by atoms with E-state index in [0.717, 1.165) is 5.92 Å². The van der Waals surface area contributed by atoms with Crippen LogP contribution in [0, 0.1) is 5.92 Å². The van der Waals surface area contributed by atoms with E-state index in [4.69, 9.17) is 4.74 Å². The molecule has 14 heavy (non-hydrogen) atoms. The first-order chi connectivity index (χ1) is 6.64. The van der Waals surface area contributed by atoms with Crippen LogP contribution in [-0.2, 0) is 4.74 Å². The van der Waals surface area contributed by atoms with E-state index in [1.54, 1.807) is 0 Å². The van der Waals surface area contributed by atoms with E-state index in [0.29, 0.717) is 0 Å². The highest BCUT2D eigenvalue weighted by Crippen LogP contribution is 2.31. The lowest BCUT2D eigenvalue weighted by molar-refractivity contribution is -0.00230. The van der Waals surface area contributed by atoms with Gasteiger partial charge in [-0.25, -0.2) is 0 Å². The molecule has 0 aromatic carbocycles. The van der Waals surface area contributed by atoms with Crippen LogP contribution in [0.15, 0.2) is 0 Å². The van der Waals surface area contributed by atoms with Crippen LogP contribution in [0.25, 0.3) is 0 Å². The van der Waals surface area contributed by atoms with E-state index < -0.39 is 0 Å². The molecule has 0 amide bonds. The van der Waals surface area contributed by atoms with Gasteiger partial charge in [0.2, 0.25) is 0 Å². The van der Waals surface area contributed by atoms with Gasteiger partial charge >= 0.3 is 0 Å². The zero-order valence-electron chi connectivity index (χ0n) is 10.7. The Kier molecular flexibility index (Phi) is 7.26. The molecular weight excluding hydrogens is 172 g/mol. The normalized spacial score (nSPS) is 18.6. The number of hydrogen-bond donors (Lipinski definition) is 0. The van der Waals surface area contributed by atoms with Gasteiger partial charge in [-0.3, -0.25) is 0 Å². The smallest absolute Gasteiger partial charge is 0.0625 e. The van der Waals surface area contributed by atoms with Crippen molar-refractivity contribution in [3.63, 3.8) is 0 Å². The molecule has 0 atom stereocenters. The third kappa shape index (κ3) is 5.64. The summed E-state index contributed by atoms with van der Waals surface area (Å²) < 4.78 is 5.44. The van der Waals surface area contributed by atoms with Gasteiger partial charge < -0.3 is 4.74 Å². The maximum Gasteiger partial charge on any atom is 0.0625 e. The number of ether oxygens (including phenoxy) is 1. The molecule has 1 rings (SSSR count). The van der Waals surface area contributed by atoms with Crippen molar-refractivity contribution in [2.75, 3.05) is 7.11 Å². The Bertz CT molecular complexity index is 123. The molecule has 0 aliphatic heterocycles. The summed E-state index contributed by atoms with van der Waals surface area (Å²) in [6.45, 7) is 8.39. The Balaban J connectivity index is 0.000000791. The molecule has 0 heterocycles. The minimum absolute atomic E-state index is 0.0992. The van der Waals surface area contributed by atoms with Crippen molar-refractivity contribution in [2.24, 2.45) is 5.92 Å². The predicted octanol–water partition coefficient (Wildman–Crippen LogP) is 4.41. The zero-order chi connectivity index (χ0) is 11.0. The highest BCUT2D eigenvalue weighted by molar-refractivity contribution is 4.76. The molecule has 0 N–H and O–H groups in total. The first-order valence-corrected chi connectivity index (χ1v) is 6.19. The fourth-order valence-electron chi connectivity index (χ4n) is 2.17. The van der Waals surface area contributed by atoms with Gasteiger partial charge in [0.1, 0.15) is 0 Å². The molecule has 1 nitrogen and oxygen atoms in total. The Labute approximate surface area is 90.2 Å². The SMILES string of the molecule is CC.COC(C)(C)CC1CCCCC1. The maximum absolute atomic E-state index is 5.44. The highest BCUT2D eigenvalue weighted by atomic mass is 16.5. The summed E-state index contributed by atoms with van der Waals surface area (Å²) in [5, 5.41) is 0. The summed E-state index contributed by atoms with van der Waals surface area (Å²) in [6.07, 6.45) is 8.40. The van der Waals surface area contributed by atoms with E-state index in [2.05, 4.69) is 13.8 Å². The van der Waals surface area contributed by atoms with Crippen molar-refractivity contribution in [1.29, 1.82) is 0 Å². The van der Waals surface area contributed by atoms with Crippen LogP contribution in [0.5, 0.6) is 0 Å². The van der Waals surface area contributed by atoms with E-state index in [1.807, 2.05) is 21.0 Å². The van der Waals surface area contributed by atoms with E-state index >= 15 is 0 Å². The molecule has 1 saturated carbocycles. The lowest BCUT2D eigenvalue weighted by Gasteiger charge is -2.30. The van der Waals surface area contributed by atoms with Crippen LogP contribution in [0.4, 0.5) is 0 Å². The molecule has 0 saturated heterocycles. The molecule has 0 aromatic rings. The molecule has 0 bridgehead atoms. The summed E-state index contributed by atoms with van der Waals surface area (Å²) in [5.41, 5.74) is 0.0992. The molecule has 1 fully saturated rings. The second-order valence-electron chi connectivity index (χ2n) is 4.67. The van der Waals surface area contributed by atoms with Gasteiger partial charge in [0.25, 0.3) is 0 Å². The Morgan fingerprint density at radius 3 is 2.00 bits per heavy atom. The maximum atomic E-state index is 5.44. The molecule has 1 aliphatic carbocycles. The summed E-state index contributed by atoms with van der Waals surface area (Å²) in [5.74, 6) is 0.925. The monoisotopic (exact) mass is 200 g/mol. The molecule has 86 valence electrons. The molecule has 0 radical (unpaired) electrons. The Hall–Kier alpha value is -0.0400. The van der Waals surface area contributed by atoms with Crippen LogP contribution in [-0.4, -0.2) is 12.7 Å². The third-order valence-electron chi connectivity index (χ3n) is 3.06. The number of hydrogen-bond acceptors (Lipinski definition) is 1. The van der Waals surface area contributed by atoms with Gasteiger partial charge in [0, 0.05) is 7.11 Å². The van der Waals surface area contributed by atoms with Crippen molar-refractivity contribution in [1.82, 2.24) is 0 Å². The summed E-state index contributed by atoms with van der Waals surface area (Å²) in [7, 11) is 1.82. The number of methoxy groups -OCH3 is 1. The van der Waals surface area contributed by atoms with Crippen LogP contribution in [0.3, 0.4) is 0 Å². The van der Waals surface area contributed by atoms with Crippen molar-refractivity contribution in [3.8, 4) is 0 Å². The largest absolute Gasteiger partial charge is 0.379 e. The number of rotatable bonds is 3. The molecular formula is C13H28O.